The number of fused-ring (bicyclic) bond motifs is 1. The van der Waals surface area contributed by atoms with Crippen LogP contribution in [0.2, 0.25) is 5.02 Å². The highest BCUT2D eigenvalue weighted by atomic mass is 35.5. The van der Waals surface area contributed by atoms with E-state index >= 15 is 0 Å². The third-order valence-corrected chi connectivity index (χ3v) is 6.28. The molecule has 4 aromatic rings. The lowest BCUT2D eigenvalue weighted by Crippen LogP contribution is -2.48. The third kappa shape index (κ3) is 4.62. The molecular weight excluding hydrogens is 543 g/mol. The number of hydrogen-bond donors (Lipinski definition) is 1. The Bertz CT molecular complexity index is 1750. The van der Waals surface area contributed by atoms with Crippen LogP contribution in [-0.4, -0.2) is 57.2 Å². The second kappa shape index (κ2) is 9.93. The number of carbonyl (C=O) groups excluding carboxylic acids is 1. The Morgan fingerprint density at radius 2 is 1.72 bits per heavy atom. The summed E-state index contributed by atoms with van der Waals surface area (Å²) in [5.74, 6) is -2.57. The lowest BCUT2D eigenvalue weighted by atomic mass is 10.2. The monoisotopic (exact) mass is 559 g/mol. The highest BCUT2D eigenvalue weighted by Gasteiger charge is 2.43. The predicted octanol–water partition coefficient (Wildman–Crippen LogP) is 1.79. The number of nitrogens with zero attached hydrogens (tertiary/aromatic N) is 6. The highest BCUT2D eigenvalue weighted by molar-refractivity contribution is 6.32. The fraction of sp³-hybridized carbons (Fsp3) is 0.208. The van der Waals surface area contributed by atoms with Crippen LogP contribution in [-0.2, 0) is 4.79 Å². The molecule has 0 spiro atoms. The number of imidazole rings is 1. The van der Waals surface area contributed by atoms with Crippen LogP contribution in [0.15, 0.2) is 58.1 Å². The molecule has 1 N–H and O–H groups in total. The zero-order chi connectivity index (χ0) is 27.9. The smallest absolute Gasteiger partial charge is 0.339 e. The Morgan fingerprint density at radius 3 is 2.33 bits per heavy atom. The van der Waals surface area contributed by atoms with Gasteiger partial charge in [-0.05, 0) is 36.4 Å². The molecule has 0 amide bonds. The topological polar surface area (TPSA) is 127 Å². The molecule has 2 aromatic carbocycles. The number of carbonyl (C=O) groups is 1. The second-order valence-electron chi connectivity index (χ2n) is 8.36. The molecule has 15 heteroatoms. The fourth-order valence-corrected chi connectivity index (χ4v) is 4.40. The van der Waals surface area contributed by atoms with Gasteiger partial charge in [-0.3, -0.25) is 9.36 Å². The Morgan fingerprint density at radius 1 is 1.05 bits per heavy atom. The number of anilines is 1. The van der Waals surface area contributed by atoms with Crippen molar-refractivity contribution in [2.75, 3.05) is 31.1 Å². The van der Waals surface area contributed by atoms with Crippen molar-refractivity contribution in [3.63, 3.8) is 0 Å². The first-order chi connectivity index (χ1) is 18.6. The molecule has 0 atom stereocenters. The molecular formula is C24H17ClF3N7O4. The molecule has 200 valence electrons. The highest BCUT2D eigenvalue weighted by Crippen LogP contribution is 2.30. The molecule has 0 unspecified atom stereocenters. The van der Waals surface area contributed by atoms with Crippen molar-refractivity contribution in [3.8, 4) is 17.4 Å². The molecule has 1 saturated heterocycles. The summed E-state index contributed by atoms with van der Waals surface area (Å²) in [5.41, 5.74) is -2.81. The van der Waals surface area contributed by atoms with Gasteiger partial charge in [-0.25, -0.2) is 14.2 Å². The average molecular weight is 560 g/mol. The van der Waals surface area contributed by atoms with Crippen LogP contribution >= 0.6 is 11.6 Å². The number of para-hydroxylation sites is 1. The van der Waals surface area contributed by atoms with E-state index in [1.165, 1.54) is 28.8 Å². The van der Waals surface area contributed by atoms with Crippen LogP contribution in [0.1, 0.15) is 5.56 Å². The van der Waals surface area contributed by atoms with Crippen molar-refractivity contribution in [1.82, 2.24) is 24.2 Å². The van der Waals surface area contributed by atoms with Gasteiger partial charge in [0.15, 0.2) is 11.2 Å². The predicted molar refractivity (Wildman–Crippen MR) is 133 cm³/mol. The first kappa shape index (κ1) is 26.0. The summed E-state index contributed by atoms with van der Waals surface area (Å²) < 4.78 is 41.2. The molecule has 39 heavy (non-hydrogen) atoms. The van der Waals surface area contributed by atoms with Crippen molar-refractivity contribution in [1.29, 1.82) is 5.26 Å². The van der Waals surface area contributed by atoms with E-state index in [2.05, 4.69) is 15.1 Å². The molecule has 3 heterocycles. The van der Waals surface area contributed by atoms with Crippen molar-refractivity contribution in [2.24, 2.45) is 0 Å². The Kier molecular flexibility index (Phi) is 6.62. The number of rotatable bonds is 4. The number of nitrogens with one attached hydrogen (secondary N) is 1. The van der Waals surface area contributed by atoms with E-state index in [4.69, 9.17) is 16.9 Å². The number of piperazine rings is 1. The van der Waals surface area contributed by atoms with Gasteiger partial charge in [-0.2, -0.15) is 23.4 Å². The maximum atomic E-state index is 13.6. The minimum absolute atomic E-state index is 0.0523. The van der Waals surface area contributed by atoms with Gasteiger partial charge in [0, 0.05) is 26.2 Å². The number of nitriles is 1. The van der Waals surface area contributed by atoms with E-state index < -0.39 is 23.4 Å². The molecule has 1 aliphatic rings. The SMILES string of the molecule is N#Cc1ccc(-n2c(=O)n(OC(=O)C(F)(F)F)c(=O)c3c2nc(N2CCNCC2)n3-c2ccccc2Cl)cc1. The van der Waals surface area contributed by atoms with Gasteiger partial charge in [-0.15, -0.1) is 0 Å². The number of benzene rings is 2. The van der Waals surface area contributed by atoms with Gasteiger partial charge in [0.1, 0.15) is 0 Å². The third-order valence-electron chi connectivity index (χ3n) is 5.96. The van der Waals surface area contributed by atoms with Gasteiger partial charge in [-0.1, -0.05) is 28.5 Å². The van der Waals surface area contributed by atoms with Gasteiger partial charge in [0.05, 0.1) is 28.0 Å². The number of halogens is 4. The number of aromatic nitrogens is 4. The van der Waals surface area contributed by atoms with E-state index in [1.54, 1.807) is 24.3 Å². The molecule has 2 aromatic heterocycles. The van der Waals surface area contributed by atoms with E-state index in [-0.39, 0.29) is 43.8 Å². The van der Waals surface area contributed by atoms with Crippen LogP contribution in [0.4, 0.5) is 19.1 Å². The molecule has 0 radical (unpaired) electrons. The van der Waals surface area contributed by atoms with Crippen molar-refractivity contribution in [2.45, 2.75) is 6.18 Å². The average Bonchev–Trinajstić information content (AvgIpc) is 3.31. The summed E-state index contributed by atoms with van der Waals surface area (Å²) >= 11 is 6.46. The van der Waals surface area contributed by atoms with Crippen molar-refractivity contribution >= 4 is 34.7 Å². The second-order valence-corrected chi connectivity index (χ2v) is 8.77. The zero-order valence-corrected chi connectivity index (χ0v) is 20.5. The zero-order valence-electron chi connectivity index (χ0n) is 19.8. The molecule has 5 rings (SSSR count). The molecule has 0 bridgehead atoms. The van der Waals surface area contributed by atoms with E-state index in [0.29, 0.717) is 26.2 Å². The van der Waals surface area contributed by atoms with Crippen LogP contribution in [0.5, 0.6) is 0 Å². The Labute approximate surface area is 221 Å². The van der Waals surface area contributed by atoms with Gasteiger partial charge in [0.25, 0.3) is 0 Å². The maximum Gasteiger partial charge on any atom is 0.493 e. The summed E-state index contributed by atoms with van der Waals surface area (Å²) in [6.07, 6.45) is -5.49. The van der Waals surface area contributed by atoms with Crippen LogP contribution in [0, 0.1) is 11.3 Å². The molecule has 0 aliphatic carbocycles. The summed E-state index contributed by atoms with van der Waals surface area (Å²) in [6.45, 7) is 2.04. The Balaban J connectivity index is 1.92. The van der Waals surface area contributed by atoms with E-state index in [0.717, 1.165) is 4.57 Å². The largest absolute Gasteiger partial charge is 0.493 e. The quantitative estimate of drug-likeness (QED) is 0.401. The van der Waals surface area contributed by atoms with Crippen LogP contribution < -0.4 is 26.3 Å². The molecule has 1 fully saturated rings. The number of hydrogen-bond acceptors (Lipinski definition) is 8. The van der Waals surface area contributed by atoms with E-state index in [9.17, 15) is 27.6 Å². The first-order valence-corrected chi connectivity index (χ1v) is 11.8. The fourth-order valence-electron chi connectivity index (χ4n) is 4.18. The van der Waals surface area contributed by atoms with Gasteiger partial charge in [0.2, 0.25) is 5.95 Å². The lowest BCUT2D eigenvalue weighted by Gasteiger charge is -2.28. The summed E-state index contributed by atoms with van der Waals surface area (Å²) in [7, 11) is 0. The maximum absolute atomic E-state index is 13.6. The van der Waals surface area contributed by atoms with Gasteiger partial charge >= 0.3 is 23.4 Å². The standard InChI is InChI=1S/C24H17ClF3N7O4/c25-16-3-1-2-4-17(16)34-18-19(31-22(34)32-11-9-30-10-12-32)33(15-7-5-14(13-29)6-8-15)23(38)35(20(18)36)39-21(37)24(26,27)28/h1-8,30H,9-12H2. The van der Waals surface area contributed by atoms with Crippen molar-refractivity contribution < 1.29 is 22.8 Å². The van der Waals surface area contributed by atoms with Crippen LogP contribution in [0.25, 0.3) is 22.5 Å². The van der Waals surface area contributed by atoms with Gasteiger partial charge < -0.3 is 15.1 Å². The minimum atomic E-state index is -5.49. The Hall–Kier alpha value is -4.61. The van der Waals surface area contributed by atoms with Crippen LogP contribution in [0.3, 0.4) is 0 Å². The molecule has 1 aliphatic heterocycles. The minimum Gasteiger partial charge on any atom is -0.339 e. The number of alkyl halides is 3. The molecule has 11 nitrogen and oxygen atoms in total. The lowest BCUT2D eigenvalue weighted by molar-refractivity contribution is -0.200. The summed E-state index contributed by atoms with van der Waals surface area (Å²) in [4.78, 5) is 49.5. The van der Waals surface area contributed by atoms with E-state index in [1.807, 2.05) is 11.0 Å². The normalized spacial score (nSPS) is 13.9. The summed E-state index contributed by atoms with van der Waals surface area (Å²) in [5, 5.41) is 12.5. The molecule has 0 saturated carbocycles. The summed E-state index contributed by atoms with van der Waals surface area (Å²) in [6, 6.07) is 13.7. The first-order valence-electron chi connectivity index (χ1n) is 11.4. The van der Waals surface area contributed by atoms with Crippen molar-refractivity contribution in [3.05, 3.63) is 80.0 Å².